The minimum absolute atomic E-state index is 0.0750. The average molecular weight is 344 g/mol. The third kappa shape index (κ3) is 3.34. The largest absolute Gasteiger partial charge is 0.311 e. The molecule has 1 atom stereocenters. The van der Waals surface area contributed by atoms with E-state index in [0.717, 1.165) is 16.8 Å². The smallest absolute Gasteiger partial charge is 0.240 e. The van der Waals surface area contributed by atoms with Gasteiger partial charge in [-0.15, -0.1) is 0 Å². The van der Waals surface area contributed by atoms with Crippen molar-refractivity contribution in [2.45, 2.75) is 31.2 Å². The summed E-state index contributed by atoms with van der Waals surface area (Å²) < 4.78 is 27.8. The molecule has 0 radical (unpaired) electrons. The Morgan fingerprint density at radius 1 is 1.04 bits per heavy atom. The Balaban J connectivity index is 1.76. The van der Waals surface area contributed by atoms with Gasteiger partial charge in [-0.05, 0) is 49.2 Å². The molecule has 3 rings (SSSR count). The van der Waals surface area contributed by atoms with Crippen LogP contribution in [0.25, 0.3) is 0 Å². The van der Waals surface area contributed by atoms with E-state index >= 15 is 0 Å². The summed E-state index contributed by atoms with van der Waals surface area (Å²) in [5.41, 5.74) is 2.75. The number of anilines is 1. The van der Waals surface area contributed by atoms with Gasteiger partial charge < -0.3 is 4.90 Å². The number of rotatable bonds is 4. The average Bonchev–Trinajstić information content (AvgIpc) is 2.90. The highest BCUT2D eigenvalue weighted by atomic mass is 32.2. The highest BCUT2D eigenvalue weighted by Gasteiger charge is 2.33. The fourth-order valence-corrected chi connectivity index (χ4v) is 4.12. The standard InChI is InChI=1S/C18H20N2O3S/c1-13-8-9-17(10-14(13)2)24(22,23)19-15-11-18(21)20(12-15)16-6-4-3-5-7-16/h3-10,15,19H,11-12H2,1-2H3. The first-order chi connectivity index (χ1) is 11.4. The Hall–Kier alpha value is -2.18. The third-order valence-electron chi connectivity index (χ3n) is 4.30. The van der Waals surface area contributed by atoms with Crippen LogP contribution < -0.4 is 9.62 Å². The number of nitrogens with one attached hydrogen (secondary N) is 1. The molecule has 2 aromatic rings. The van der Waals surface area contributed by atoms with Crippen LogP contribution in [0.15, 0.2) is 53.4 Å². The van der Waals surface area contributed by atoms with Crippen molar-refractivity contribution >= 4 is 21.6 Å². The van der Waals surface area contributed by atoms with Gasteiger partial charge in [0, 0.05) is 24.7 Å². The van der Waals surface area contributed by atoms with Crippen molar-refractivity contribution in [2.75, 3.05) is 11.4 Å². The molecule has 1 fully saturated rings. The number of hydrogen-bond donors (Lipinski definition) is 1. The minimum Gasteiger partial charge on any atom is -0.311 e. The Morgan fingerprint density at radius 2 is 1.75 bits per heavy atom. The predicted molar refractivity (Wildman–Crippen MR) is 93.4 cm³/mol. The summed E-state index contributed by atoms with van der Waals surface area (Å²) in [6.07, 6.45) is 0.166. The fourth-order valence-electron chi connectivity index (χ4n) is 2.81. The fraction of sp³-hybridized carbons (Fsp3) is 0.278. The van der Waals surface area contributed by atoms with Crippen molar-refractivity contribution in [1.82, 2.24) is 4.72 Å². The van der Waals surface area contributed by atoms with Gasteiger partial charge in [-0.3, -0.25) is 4.79 Å². The summed E-state index contributed by atoms with van der Waals surface area (Å²) in [5.74, 6) is -0.0750. The van der Waals surface area contributed by atoms with E-state index in [0.29, 0.717) is 6.54 Å². The highest BCUT2D eigenvalue weighted by molar-refractivity contribution is 7.89. The van der Waals surface area contributed by atoms with Gasteiger partial charge in [0.05, 0.1) is 4.90 Å². The molecular formula is C18H20N2O3S. The van der Waals surface area contributed by atoms with Gasteiger partial charge in [0.1, 0.15) is 0 Å². The number of carbonyl (C=O) groups excluding carboxylic acids is 1. The summed E-state index contributed by atoms with van der Waals surface area (Å²) >= 11 is 0. The molecule has 1 heterocycles. The van der Waals surface area contributed by atoms with Gasteiger partial charge in [-0.1, -0.05) is 24.3 Å². The van der Waals surface area contributed by atoms with Crippen LogP contribution in [0.3, 0.4) is 0 Å². The summed E-state index contributed by atoms with van der Waals surface area (Å²) in [5, 5.41) is 0. The van der Waals surface area contributed by atoms with Crippen molar-refractivity contribution in [3.63, 3.8) is 0 Å². The Kier molecular flexibility index (Phi) is 4.43. The third-order valence-corrected chi connectivity index (χ3v) is 5.82. The molecule has 126 valence electrons. The number of hydrogen-bond acceptors (Lipinski definition) is 3. The second kappa shape index (κ2) is 6.37. The molecule has 1 unspecified atom stereocenters. The first kappa shape index (κ1) is 16.7. The van der Waals surface area contributed by atoms with E-state index in [2.05, 4.69) is 4.72 Å². The summed E-state index contributed by atoms with van der Waals surface area (Å²) in [4.78, 5) is 14.0. The molecule has 0 spiro atoms. The lowest BCUT2D eigenvalue weighted by molar-refractivity contribution is -0.117. The van der Waals surface area contributed by atoms with Crippen molar-refractivity contribution in [2.24, 2.45) is 0 Å². The molecule has 5 nitrogen and oxygen atoms in total. The second-order valence-electron chi connectivity index (χ2n) is 6.11. The van der Waals surface area contributed by atoms with Crippen LogP contribution in [0, 0.1) is 13.8 Å². The van der Waals surface area contributed by atoms with Crippen LogP contribution in [-0.4, -0.2) is 26.9 Å². The number of sulfonamides is 1. The topological polar surface area (TPSA) is 66.5 Å². The van der Waals surface area contributed by atoms with E-state index in [1.165, 1.54) is 0 Å². The van der Waals surface area contributed by atoms with Gasteiger partial charge in [-0.25, -0.2) is 13.1 Å². The van der Waals surface area contributed by atoms with Crippen LogP contribution in [0.4, 0.5) is 5.69 Å². The first-order valence-corrected chi connectivity index (χ1v) is 9.30. The van der Waals surface area contributed by atoms with E-state index in [4.69, 9.17) is 0 Å². The highest BCUT2D eigenvalue weighted by Crippen LogP contribution is 2.22. The summed E-state index contributed by atoms with van der Waals surface area (Å²) in [6.45, 7) is 4.16. The lowest BCUT2D eigenvalue weighted by atomic mass is 10.1. The van der Waals surface area contributed by atoms with Gasteiger partial charge in [-0.2, -0.15) is 0 Å². The van der Waals surface area contributed by atoms with Gasteiger partial charge in [0.25, 0.3) is 0 Å². The quantitative estimate of drug-likeness (QED) is 0.926. The van der Waals surface area contributed by atoms with Gasteiger partial charge in [0.2, 0.25) is 15.9 Å². The molecule has 0 saturated carbocycles. The van der Waals surface area contributed by atoms with Crippen LogP contribution in [0.5, 0.6) is 0 Å². The molecule has 1 N–H and O–H groups in total. The normalized spacial score (nSPS) is 18.2. The Labute approximate surface area is 142 Å². The van der Waals surface area contributed by atoms with E-state index in [-0.39, 0.29) is 17.2 Å². The van der Waals surface area contributed by atoms with E-state index in [9.17, 15) is 13.2 Å². The van der Waals surface area contributed by atoms with Crippen LogP contribution >= 0.6 is 0 Å². The zero-order valence-corrected chi connectivity index (χ0v) is 14.5. The van der Waals surface area contributed by atoms with Crippen LogP contribution in [0.2, 0.25) is 0 Å². The molecule has 0 aliphatic carbocycles. The molecule has 6 heteroatoms. The number of aryl methyl sites for hydroxylation is 2. The second-order valence-corrected chi connectivity index (χ2v) is 7.82. The lowest BCUT2D eigenvalue weighted by Crippen LogP contribution is -2.37. The Morgan fingerprint density at radius 3 is 2.42 bits per heavy atom. The van der Waals surface area contributed by atoms with Crippen molar-refractivity contribution < 1.29 is 13.2 Å². The zero-order valence-electron chi connectivity index (χ0n) is 13.7. The van der Waals surface area contributed by atoms with Crippen LogP contribution in [-0.2, 0) is 14.8 Å². The molecule has 2 aromatic carbocycles. The van der Waals surface area contributed by atoms with Crippen molar-refractivity contribution in [1.29, 1.82) is 0 Å². The number of nitrogens with zero attached hydrogens (tertiary/aromatic N) is 1. The maximum atomic E-state index is 12.6. The summed E-state index contributed by atoms with van der Waals surface area (Å²) in [7, 11) is -3.64. The lowest BCUT2D eigenvalue weighted by Gasteiger charge is -2.17. The number of benzene rings is 2. The predicted octanol–water partition coefficient (Wildman–Crippen LogP) is 2.39. The maximum absolute atomic E-state index is 12.6. The van der Waals surface area contributed by atoms with E-state index in [1.54, 1.807) is 23.1 Å². The molecule has 1 aliphatic heterocycles. The molecule has 24 heavy (non-hydrogen) atoms. The molecule has 1 aliphatic rings. The molecule has 1 amide bonds. The minimum atomic E-state index is -3.64. The van der Waals surface area contributed by atoms with Crippen molar-refractivity contribution in [3.8, 4) is 0 Å². The molecule has 1 saturated heterocycles. The SMILES string of the molecule is Cc1ccc(S(=O)(=O)NC2CC(=O)N(c3ccccc3)C2)cc1C. The first-order valence-electron chi connectivity index (χ1n) is 7.82. The van der Waals surface area contributed by atoms with E-state index < -0.39 is 16.1 Å². The molecule has 0 aromatic heterocycles. The number of para-hydroxylation sites is 1. The van der Waals surface area contributed by atoms with Gasteiger partial charge >= 0.3 is 0 Å². The monoisotopic (exact) mass is 344 g/mol. The molecule has 0 bridgehead atoms. The number of amides is 1. The van der Waals surface area contributed by atoms with Crippen molar-refractivity contribution in [3.05, 3.63) is 59.7 Å². The molecular weight excluding hydrogens is 324 g/mol. The van der Waals surface area contributed by atoms with Gasteiger partial charge in [0.15, 0.2) is 0 Å². The summed E-state index contributed by atoms with van der Waals surface area (Å²) in [6, 6.07) is 13.9. The van der Waals surface area contributed by atoms with Crippen LogP contribution in [0.1, 0.15) is 17.5 Å². The zero-order chi connectivity index (χ0) is 17.3. The van der Waals surface area contributed by atoms with E-state index in [1.807, 2.05) is 44.2 Å². The number of carbonyl (C=O) groups is 1. The Bertz CT molecular complexity index is 863. The maximum Gasteiger partial charge on any atom is 0.240 e.